The van der Waals surface area contributed by atoms with Gasteiger partial charge in [-0.3, -0.25) is 4.98 Å². The molecule has 0 bridgehead atoms. The monoisotopic (exact) mass is 353 g/mol. The number of nitrogens with one attached hydrogen (secondary N) is 1. The van der Waals surface area contributed by atoms with Crippen LogP contribution in [0.2, 0.25) is 5.02 Å². The molecule has 2 atom stereocenters. The summed E-state index contributed by atoms with van der Waals surface area (Å²) in [5.74, 6) is 0.211. The zero-order valence-corrected chi connectivity index (χ0v) is 14.3. The van der Waals surface area contributed by atoms with Crippen molar-refractivity contribution in [1.29, 1.82) is 0 Å². The fourth-order valence-corrected chi connectivity index (χ4v) is 4.54. The van der Waals surface area contributed by atoms with Gasteiger partial charge in [0.15, 0.2) is 0 Å². The Labute approximate surface area is 137 Å². The molecule has 2 rings (SSSR count). The Morgan fingerprint density at radius 3 is 2.76 bits per heavy atom. The molecule has 0 spiro atoms. The molecule has 2 unspecified atom stereocenters. The van der Waals surface area contributed by atoms with E-state index in [1.165, 1.54) is 18.5 Å². The SMILES string of the molecule is CC1CCCCC1(CN)NS(=O)(=O)c1cncc(Cl)c1.Cl. The predicted octanol–water partition coefficient (Wildman–Crippen LogP) is 2.34. The van der Waals surface area contributed by atoms with Crippen molar-refractivity contribution in [2.45, 2.75) is 43.0 Å². The van der Waals surface area contributed by atoms with Crippen LogP contribution in [-0.4, -0.2) is 25.5 Å². The molecule has 0 aliphatic heterocycles. The number of rotatable bonds is 4. The minimum absolute atomic E-state index is 0. The minimum Gasteiger partial charge on any atom is -0.329 e. The van der Waals surface area contributed by atoms with Gasteiger partial charge in [-0.1, -0.05) is 31.4 Å². The van der Waals surface area contributed by atoms with E-state index in [-0.39, 0.29) is 23.2 Å². The quantitative estimate of drug-likeness (QED) is 0.869. The zero-order valence-electron chi connectivity index (χ0n) is 11.9. The maximum absolute atomic E-state index is 12.5. The topological polar surface area (TPSA) is 85.1 Å². The van der Waals surface area contributed by atoms with Gasteiger partial charge in [0.1, 0.15) is 4.90 Å². The van der Waals surface area contributed by atoms with Gasteiger partial charge in [-0.25, -0.2) is 13.1 Å². The highest BCUT2D eigenvalue weighted by Crippen LogP contribution is 2.34. The van der Waals surface area contributed by atoms with Gasteiger partial charge in [0, 0.05) is 24.5 Å². The van der Waals surface area contributed by atoms with Gasteiger partial charge in [-0.15, -0.1) is 12.4 Å². The van der Waals surface area contributed by atoms with E-state index in [1.807, 2.05) is 6.92 Å². The van der Waals surface area contributed by atoms with Gasteiger partial charge in [-0.05, 0) is 24.8 Å². The first-order chi connectivity index (χ1) is 9.39. The number of nitrogens with two attached hydrogens (primary N) is 1. The second-order valence-corrected chi connectivity index (χ2v) is 7.57. The number of halogens is 2. The number of hydrogen-bond acceptors (Lipinski definition) is 4. The van der Waals surface area contributed by atoms with Crippen LogP contribution < -0.4 is 10.5 Å². The maximum Gasteiger partial charge on any atom is 0.242 e. The van der Waals surface area contributed by atoms with E-state index >= 15 is 0 Å². The third-order valence-electron chi connectivity index (χ3n) is 4.15. The number of aromatic nitrogens is 1. The van der Waals surface area contributed by atoms with E-state index in [0.717, 1.165) is 25.7 Å². The Morgan fingerprint density at radius 1 is 1.48 bits per heavy atom. The van der Waals surface area contributed by atoms with E-state index < -0.39 is 15.6 Å². The summed E-state index contributed by atoms with van der Waals surface area (Å²) in [4.78, 5) is 3.91. The van der Waals surface area contributed by atoms with E-state index in [4.69, 9.17) is 17.3 Å². The van der Waals surface area contributed by atoms with Gasteiger partial charge in [0.25, 0.3) is 0 Å². The van der Waals surface area contributed by atoms with Gasteiger partial charge < -0.3 is 5.73 Å². The fraction of sp³-hybridized carbons (Fsp3) is 0.615. The fourth-order valence-electron chi connectivity index (χ4n) is 2.78. The first kappa shape index (κ1) is 18.6. The van der Waals surface area contributed by atoms with Crippen molar-refractivity contribution in [3.05, 3.63) is 23.5 Å². The molecule has 3 N–H and O–H groups in total. The molecule has 1 aliphatic rings. The lowest BCUT2D eigenvalue weighted by Gasteiger charge is -2.42. The van der Waals surface area contributed by atoms with Crippen LogP contribution in [0.1, 0.15) is 32.6 Å². The molecular weight excluding hydrogens is 333 g/mol. The molecule has 0 saturated heterocycles. The van der Waals surface area contributed by atoms with Crippen LogP contribution in [0, 0.1) is 5.92 Å². The third kappa shape index (κ3) is 4.07. The van der Waals surface area contributed by atoms with Crippen molar-refractivity contribution in [2.24, 2.45) is 11.7 Å². The van der Waals surface area contributed by atoms with E-state index in [0.29, 0.717) is 11.6 Å². The first-order valence-electron chi connectivity index (χ1n) is 6.74. The smallest absolute Gasteiger partial charge is 0.242 e. The van der Waals surface area contributed by atoms with Crippen LogP contribution in [-0.2, 0) is 10.0 Å². The Bertz CT molecular complexity index is 583. The molecular formula is C13H21Cl2N3O2S. The van der Waals surface area contributed by atoms with Crippen molar-refractivity contribution in [3.63, 3.8) is 0 Å². The Balaban J connectivity index is 0.00000220. The van der Waals surface area contributed by atoms with Gasteiger partial charge in [0.2, 0.25) is 10.0 Å². The number of pyridine rings is 1. The third-order valence-corrected chi connectivity index (χ3v) is 5.87. The normalized spacial score (nSPS) is 26.1. The van der Waals surface area contributed by atoms with E-state index in [9.17, 15) is 8.42 Å². The summed E-state index contributed by atoms with van der Waals surface area (Å²) in [6.07, 6.45) is 6.54. The highest BCUT2D eigenvalue weighted by Gasteiger charge is 2.40. The Morgan fingerprint density at radius 2 is 2.19 bits per heavy atom. The van der Waals surface area contributed by atoms with Gasteiger partial charge in [-0.2, -0.15) is 0 Å². The summed E-state index contributed by atoms with van der Waals surface area (Å²) < 4.78 is 27.8. The molecule has 1 aromatic rings. The summed E-state index contributed by atoms with van der Waals surface area (Å²) in [6, 6.07) is 1.40. The molecule has 21 heavy (non-hydrogen) atoms. The van der Waals surface area contributed by atoms with Crippen molar-refractivity contribution in [3.8, 4) is 0 Å². The second-order valence-electron chi connectivity index (χ2n) is 5.45. The van der Waals surface area contributed by atoms with Crippen molar-refractivity contribution < 1.29 is 8.42 Å². The molecule has 120 valence electrons. The second kappa shape index (κ2) is 7.24. The minimum atomic E-state index is -3.66. The molecule has 5 nitrogen and oxygen atoms in total. The highest BCUT2D eigenvalue weighted by atomic mass is 35.5. The first-order valence-corrected chi connectivity index (χ1v) is 8.60. The van der Waals surface area contributed by atoms with Crippen molar-refractivity contribution in [1.82, 2.24) is 9.71 Å². The maximum atomic E-state index is 12.5. The molecule has 0 amide bonds. The number of sulfonamides is 1. The summed E-state index contributed by atoms with van der Waals surface area (Å²) in [5.41, 5.74) is 5.31. The molecule has 0 aromatic carbocycles. The lowest BCUT2D eigenvalue weighted by Crippen LogP contribution is -2.58. The average Bonchev–Trinajstić information content (AvgIpc) is 2.41. The summed E-state index contributed by atoms with van der Waals surface area (Å²) in [7, 11) is -3.66. The summed E-state index contributed by atoms with van der Waals surface area (Å²) in [6.45, 7) is 2.34. The number of hydrogen-bond donors (Lipinski definition) is 2. The van der Waals surface area contributed by atoms with Gasteiger partial charge >= 0.3 is 0 Å². The van der Waals surface area contributed by atoms with Crippen LogP contribution in [0.3, 0.4) is 0 Å². The van der Waals surface area contributed by atoms with E-state index in [1.54, 1.807) is 0 Å². The molecule has 8 heteroatoms. The van der Waals surface area contributed by atoms with Crippen LogP contribution >= 0.6 is 24.0 Å². The van der Waals surface area contributed by atoms with Gasteiger partial charge in [0.05, 0.1) is 5.02 Å². The molecule has 1 aromatic heterocycles. The lowest BCUT2D eigenvalue weighted by molar-refractivity contribution is 0.191. The summed E-state index contributed by atoms with van der Waals surface area (Å²) >= 11 is 5.81. The standard InChI is InChI=1S/C13H20ClN3O2S.ClH/c1-10-4-2-3-5-13(10,9-15)17-20(18,19)12-6-11(14)7-16-8-12;/h6-8,10,17H,2-5,9,15H2,1H3;1H. The molecule has 1 fully saturated rings. The van der Waals surface area contributed by atoms with E-state index in [2.05, 4.69) is 9.71 Å². The molecule has 0 radical (unpaired) electrons. The summed E-state index contributed by atoms with van der Waals surface area (Å²) in [5, 5.41) is 0.298. The van der Waals surface area contributed by atoms with Crippen LogP contribution in [0.4, 0.5) is 0 Å². The Hall–Kier alpha value is -0.400. The lowest BCUT2D eigenvalue weighted by atomic mass is 9.74. The Kier molecular flexibility index (Phi) is 6.43. The largest absolute Gasteiger partial charge is 0.329 e. The van der Waals surface area contributed by atoms with Crippen LogP contribution in [0.5, 0.6) is 0 Å². The predicted molar refractivity (Wildman–Crippen MR) is 86.2 cm³/mol. The average molecular weight is 354 g/mol. The highest BCUT2D eigenvalue weighted by molar-refractivity contribution is 7.89. The zero-order chi connectivity index (χ0) is 14.8. The molecule has 1 saturated carbocycles. The molecule has 1 aliphatic carbocycles. The van der Waals surface area contributed by atoms with Crippen LogP contribution in [0.15, 0.2) is 23.4 Å². The number of nitrogens with zero attached hydrogens (tertiary/aromatic N) is 1. The molecule has 1 heterocycles. The van der Waals surface area contributed by atoms with Crippen LogP contribution in [0.25, 0.3) is 0 Å². The van der Waals surface area contributed by atoms with Crippen molar-refractivity contribution >= 4 is 34.0 Å². The van der Waals surface area contributed by atoms with Crippen molar-refractivity contribution in [2.75, 3.05) is 6.54 Å².